The van der Waals surface area contributed by atoms with Crippen molar-refractivity contribution < 1.29 is 0 Å². The summed E-state index contributed by atoms with van der Waals surface area (Å²) in [7, 11) is 0. The largest absolute Gasteiger partial charge is 0.0925 e. The van der Waals surface area contributed by atoms with Gasteiger partial charge in [0.15, 0.2) is 0 Å². The van der Waals surface area contributed by atoms with E-state index in [-0.39, 0.29) is 0 Å². The van der Waals surface area contributed by atoms with Crippen LogP contribution < -0.4 is 0 Å². The second-order valence-corrected chi connectivity index (χ2v) is 6.71. The van der Waals surface area contributed by atoms with Crippen molar-refractivity contribution in [1.29, 1.82) is 0 Å². The Morgan fingerprint density at radius 3 is 2.29 bits per heavy atom. The average Bonchev–Trinajstić information content (AvgIpc) is 2.39. The minimum atomic E-state index is 0.816. The summed E-state index contributed by atoms with van der Waals surface area (Å²) in [5, 5.41) is 1.15. The maximum atomic E-state index is 3.71. The highest BCUT2D eigenvalue weighted by Crippen LogP contribution is 2.33. The number of alkyl halides is 1. The highest BCUT2D eigenvalue weighted by molar-refractivity contribution is 9.10. The lowest BCUT2D eigenvalue weighted by Crippen LogP contribution is -2.21. The third-order valence-corrected chi connectivity index (χ3v) is 5.29. The molecule has 0 saturated heterocycles. The van der Waals surface area contributed by atoms with Crippen LogP contribution in [0.3, 0.4) is 0 Å². The molecule has 0 nitrogen and oxygen atoms in total. The molecular weight excluding hydrogens is 340 g/mol. The Hall–Kier alpha value is 0.180. The maximum absolute atomic E-state index is 3.71. The quantitative estimate of drug-likeness (QED) is 0.615. The second kappa shape index (κ2) is 6.94. The molecule has 0 heterocycles. The normalized spacial score (nSPS) is 19.2. The van der Waals surface area contributed by atoms with Gasteiger partial charge < -0.3 is 0 Å². The Balaban J connectivity index is 1.96. The van der Waals surface area contributed by atoms with Crippen LogP contribution in [-0.2, 0) is 6.42 Å². The topological polar surface area (TPSA) is 0 Å². The molecule has 17 heavy (non-hydrogen) atoms. The van der Waals surface area contributed by atoms with Crippen LogP contribution in [0.15, 0.2) is 28.7 Å². The number of halogens is 2. The lowest BCUT2D eigenvalue weighted by atomic mass is 9.78. The molecule has 0 bridgehead atoms. The van der Waals surface area contributed by atoms with Gasteiger partial charge in [0.1, 0.15) is 0 Å². The first-order valence-electron chi connectivity index (χ1n) is 6.60. The first-order chi connectivity index (χ1) is 8.29. The van der Waals surface area contributed by atoms with Gasteiger partial charge in [-0.1, -0.05) is 76.1 Å². The van der Waals surface area contributed by atoms with Crippen molar-refractivity contribution in [2.45, 2.75) is 38.5 Å². The third-order valence-electron chi connectivity index (χ3n) is 3.93. The summed E-state index contributed by atoms with van der Waals surface area (Å²) in [5.41, 5.74) is 1.48. The molecule has 1 unspecified atom stereocenters. The van der Waals surface area contributed by atoms with Crippen molar-refractivity contribution in [1.82, 2.24) is 0 Å². The van der Waals surface area contributed by atoms with Gasteiger partial charge in [-0.2, -0.15) is 0 Å². The highest BCUT2D eigenvalue weighted by Gasteiger charge is 2.22. The van der Waals surface area contributed by atoms with Gasteiger partial charge in [-0.15, -0.1) is 0 Å². The zero-order valence-electron chi connectivity index (χ0n) is 10.2. The van der Waals surface area contributed by atoms with Crippen LogP contribution >= 0.6 is 31.9 Å². The van der Waals surface area contributed by atoms with Crippen molar-refractivity contribution in [2.24, 2.45) is 11.8 Å². The van der Waals surface area contributed by atoms with Crippen LogP contribution in [0.2, 0.25) is 0 Å². The van der Waals surface area contributed by atoms with Gasteiger partial charge in [-0.25, -0.2) is 0 Å². The van der Waals surface area contributed by atoms with Crippen LogP contribution in [-0.4, -0.2) is 5.33 Å². The van der Waals surface area contributed by atoms with Gasteiger partial charge in [-0.3, -0.25) is 0 Å². The van der Waals surface area contributed by atoms with E-state index >= 15 is 0 Å². The van der Waals surface area contributed by atoms with E-state index in [1.807, 2.05) is 0 Å². The summed E-state index contributed by atoms with van der Waals surface area (Å²) in [6.07, 6.45) is 8.43. The van der Waals surface area contributed by atoms with Gasteiger partial charge in [0.05, 0.1) is 0 Å². The van der Waals surface area contributed by atoms with Gasteiger partial charge in [0.2, 0.25) is 0 Å². The van der Waals surface area contributed by atoms with Crippen molar-refractivity contribution in [3.05, 3.63) is 34.3 Å². The van der Waals surface area contributed by atoms with Crippen molar-refractivity contribution in [2.75, 3.05) is 5.33 Å². The SMILES string of the molecule is BrCC(Cc1ccc(Br)cc1)C1CCCCC1. The summed E-state index contributed by atoms with van der Waals surface area (Å²) in [4.78, 5) is 0. The zero-order chi connectivity index (χ0) is 12.1. The lowest BCUT2D eigenvalue weighted by Gasteiger charge is -2.29. The third kappa shape index (κ3) is 4.10. The lowest BCUT2D eigenvalue weighted by molar-refractivity contribution is 0.267. The van der Waals surface area contributed by atoms with E-state index in [1.54, 1.807) is 0 Å². The number of rotatable bonds is 4. The molecule has 1 aliphatic carbocycles. The predicted molar refractivity (Wildman–Crippen MR) is 81.7 cm³/mol. The molecule has 2 heteroatoms. The Labute approximate surface area is 121 Å². The summed E-state index contributed by atoms with van der Waals surface area (Å²) >= 11 is 7.21. The average molecular weight is 360 g/mol. The van der Waals surface area contributed by atoms with Crippen LogP contribution in [0.25, 0.3) is 0 Å². The molecule has 0 spiro atoms. The Kier molecular flexibility index (Phi) is 5.55. The van der Waals surface area contributed by atoms with Crippen molar-refractivity contribution in [3.63, 3.8) is 0 Å². The second-order valence-electron chi connectivity index (χ2n) is 5.14. The van der Waals surface area contributed by atoms with Crippen LogP contribution in [0.4, 0.5) is 0 Å². The summed E-state index contributed by atoms with van der Waals surface area (Å²) in [6.45, 7) is 0. The fourth-order valence-electron chi connectivity index (χ4n) is 2.88. The molecule has 1 aromatic rings. The van der Waals surface area contributed by atoms with Crippen molar-refractivity contribution >= 4 is 31.9 Å². The number of benzene rings is 1. The number of hydrogen-bond donors (Lipinski definition) is 0. The van der Waals surface area contributed by atoms with E-state index in [1.165, 1.54) is 48.6 Å². The molecular formula is C15H20Br2. The van der Waals surface area contributed by atoms with E-state index in [2.05, 4.69) is 56.1 Å². The Morgan fingerprint density at radius 1 is 1.06 bits per heavy atom. The molecule has 0 radical (unpaired) electrons. The van der Waals surface area contributed by atoms with Gasteiger partial charge >= 0.3 is 0 Å². The van der Waals surface area contributed by atoms with Crippen molar-refractivity contribution in [3.8, 4) is 0 Å². The first-order valence-corrected chi connectivity index (χ1v) is 8.51. The molecule has 1 fully saturated rings. The fourth-order valence-corrected chi connectivity index (χ4v) is 3.90. The minimum Gasteiger partial charge on any atom is -0.0925 e. The smallest absolute Gasteiger partial charge is 0.0175 e. The van der Waals surface area contributed by atoms with E-state index in [0.717, 1.165) is 17.2 Å². The molecule has 94 valence electrons. The molecule has 0 aliphatic heterocycles. The molecule has 1 aliphatic rings. The molecule has 0 aromatic heterocycles. The summed E-state index contributed by atoms with van der Waals surface area (Å²) in [6, 6.07) is 8.81. The molecule has 1 atom stereocenters. The Morgan fingerprint density at radius 2 is 1.71 bits per heavy atom. The van der Waals surface area contributed by atoms with Crippen LogP contribution in [0, 0.1) is 11.8 Å². The van der Waals surface area contributed by atoms with E-state index < -0.39 is 0 Å². The number of hydrogen-bond acceptors (Lipinski definition) is 0. The zero-order valence-corrected chi connectivity index (χ0v) is 13.3. The first kappa shape index (κ1) is 13.6. The predicted octanol–water partition coefficient (Wildman–Crippen LogP) is 5.58. The standard InChI is InChI=1S/C15H20Br2/c16-11-14(13-4-2-1-3-5-13)10-12-6-8-15(17)9-7-12/h6-9,13-14H,1-5,10-11H2. The highest BCUT2D eigenvalue weighted by atomic mass is 79.9. The van der Waals surface area contributed by atoms with E-state index in [0.29, 0.717) is 0 Å². The molecule has 0 N–H and O–H groups in total. The van der Waals surface area contributed by atoms with Crippen LogP contribution in [0.1, 0.15) is 37.7 Å². The summed E-state index contributed by atoms with van der Waals surface area (Å²) < 4.78 is 1.18. The Bertz CT molecular complexity index is 325. The van der Waals surface area contributed by atoms with E-state index in [9.17, 15) is 0 Å². The van der Waals surface area contributed by atoms with Gasteiger partial charge in [-0.05, 0) is 36.0 Å². The molecule has 2 rings (SSSR count). The molecule has 1 saturated carbocycles. The maximum Gasteiger partial charge on any atom is 0.0175 e. The monoisotopic (exact) mass is 358 g/mol. The van der Waals surface area contributed by atoms with Crippen LogP contribution in [0.5, 0.6) is 0 Å². The minimum absolute atomic E-state index is 0.816. The molecule has 1 aromatic carbocycles. The van der Waals surface area contributed by atoms with E-state index in [4.69, 9.17) is 0 Å². The summed E-state index contributed by atoms with van der Waals surface area (Å²) in [5.74, 6) is 1.75. The van der Waals surface area contributed by atoms with Gasteiger partial charge in [0.25, 0.3) is 0 Å². The van der Waals surface area contributed by atoms with Gasteiger partial charge in [0, 0.05) is 9.80 Å². The fraction of sp³-hybridized carbons (Fsp3) is 0.600. The molecule has 0 amide bonds.